The molecule has 1 aromatic heterocycles. The van der Waals surface area contributed by atoms with Gasteiger partial charge in [0.2, 0.25) is 0 Å². The smallest absolute Gasteiger partial charge is 0.319 e. The van der Waals surface area contributed by atoms with Gasteiger partial charge >= 0.3 is 6.03 Å². The fourth-order valence-corrected chi connectivity index (χ4v) is 4.46. The molecule has 0 radical (unpaired) electrons. The number of ether oxygens (including phenoxy) is 2. The molecule has 2 N–H and O–H groups in total. The quantitative estimate of drug-likeness (QED) is 0.606. The Hall–Kier alpha value is -3.19. The van der Waals surface area contributed by atoms with Gasteiger partial charge in [0, 0.05) is 35.9 Å². The summed E-state index contributed by atoms with van der Waals surface area (Å²) < 4.78 is 10.5. The summed E-state index contributed by atoms with van der Waals surface area (Å²) in [6.07, 6.45) is 1.09. The molecule has 156 valence electrons. The lowest BCUT2D eigenvalue weighted by Gasteiger charge is -2.29. The summed E-state index contributed by atoms with van der Waals surface area (Å²) in [5.74, 6) is 1.30. The van der Waals surface area contributed by atoms with E-state index in [0.717, 1.165) is 30.8 Å². The lowest BCUT2D eigenvalue weighted by molar-refractivity contribution is 0.251. The van der Waals surface area contributed by atoms with Crippen molar-refractivity contribution in [1.82, 2.24) is 5.32 Å². The zero-order valence-corrected chi connectivity index (χ0v) is 17.9. The number of amides is 2. The fourth-order valence-electron chi connectivity index (χ4n) is 3.57. The van der Waals surface area contributed by atoms with Gasteiger partial charge in [0.15, 0.2) is 11.5 Å². The number of carbonyl (C=O) groups excluding carboxylic acids is 1. The summed E-state index contributed by atoms with van der Waals surface area (Å²) in [4.78, 5) is 16.1. The van der Waals surface area contributed by atoms with Gasteiger partial charge in [-0.15, -0.1) is 11.3 Å². The van der Waals surface area contributed by atoms with Crippen LogP contribution < -0.4 is 25.0 Å². The SMILES string of the molecule is COc1ccc(CNC(=O)Nc2ccc(N3CCc4sccc4C3)cc2)cc1OC. The largest absolute Gasteiger partial charge is 0.493 e. The van der Waals surface area contributed by atoms with E-state index in [4.69, 9.17) is 9.47 Å². The Morgan fingerprint density at radius 3 is 2.63 bits per heavy atom. The second-order valence-corrected chi connectivity index (χ2v) is 8.09. The Morgan fingerprint density at radius 1 is 1.07 bits per heavy atom. The molecular formula is C23H25N3O3S. The third-order valence-corrected chi connectivity index (χ3v) is 6.22. The van der Waals surface area contributed by atoms with Gasteiger partial charge in [0.1, 0.15) is 0 Å². The lowest BCUT2D eigenvalue weighted by atomic mass is 10.1. The maximum Gasteiger partial charge on any atom is 0.319 e. The van der Waals surface area contributed by atoms with Crippen LogP contribution in [0.2, 0.25) is 0 Å². The number of benzene rings is 2. The molecule has 2 aromatic carbocycles. The van der Waals surface area contributed by atoms with E-state index < -0.39 is 0 Å². The van der Waals surface area contributed by atoms with Crippen LogP contribution >= 0.6 is 11.3 Å². The number of anilines is 2. The molecule has 2 amide bonds. The number of fused-ring (bicyclic) bond motifs is 1. The van der Waals surface area contributed by atoms with Gasteiger partial charge in [-0.3, -0.25) is 0 Å². The first-order chi connectivity index (χ1) is 14.7. The van der Waals surface area contributed by atoms with E-state index in [9.17, 15) is 4.79 Å². The average molecular weight is 424 g/mol. The fraction of sp³-hybridized carbons (Fsp3) is 0.261. The first-order valence-electron chi connectivity index (χ1n) is 9.82. The molecule has 0 spiro atoms. The van der Waals surface area contributed by atoms with Crippen LogP contribution in [0.3, 0.4) is 0 Å². The minimum absolute atomic E-state index is 0.251. The third kappa shape index (κ3) is 4.52. The van der Waals surface area contributed by atoms with E-state index >= 15 is 0 Å². The van der Waals surface area contributed by atoms with Crippen LogP contribution in [-0.2, 0) is 19.5 Å². The predicted octanol–water partition coefficient (Wildman–Crippen LogP) is 4.65. The minimum Gasteiger partial charge on any atom is -0.493 e. The molecule has 2 heterocycles. The lowest BCUT2D eigenvalue weighted by Crippen LogP contribution is -2.29. The Morgan fingerprint density at radius 2 is 1.87 bits per heavy atom. The predicted molar refractivity (Wildman–Crippen MR) is 121 cm³/mol. The van der Waals surface area contributed by atoms with Crippen LogP contribution in [0.25, 0.3) is 0 Å². The maximum absolute atomic E-state index is 12.3. The van der Waals surface area contributed by atoms with E-state index in [-0.39, 0.29) is 6.03 Å². The molecule has 0 unspecified atom stereocenters. The second-order valence-electron chi connectivity index (χ2n) is 7.08. The number of urea groups is 1. The van der Waals surface area contributed by atoms with Gasteiger partial charge in [0.05, 0.1) is 14.2 Å². The normalized spacial score (nSPS) is 12.8. The highest BCUT2D eigenvalue weighted by Crippen LogP contribution is 2.29. The summed E-state index contributed by atoms with van der Waals surface area (Å²) in [7, 11) is 3.19. The summed E-state index contributed by atoms with van der Waals surface area (Å²) in [5, 5.41) is 7.92. The first-order valence-corrected chi connectivity index (χ1v) is 10.7. The van der Waals surface area contributed by atoms with Gasteiger partial charge in [-0.05, 0) is 65.4 Å². The molecule has 0 atom stereocenters. The molecule has 30 heavy (non-hydrogen) atoms. The molecule has 0 saturated heterocycles. The second kappa shape index (κ2) is 9.09. The molecule has 0 saturated carbocycles. The molecule has 0 bridgehead atoms. The van der Waals surface area contributed by atoms with Crippen molar-refractivity contribution in [3.63, 3.8) is 0 Å². The van der Waals surface area contributed by atoms with Crippen LogP contribution in [0.1, 0.15) is 16.0 Å². The van der Waals surface area contributed by atoms with Crippen molar-refractivity contribution < 1.29 is 14.3 Å². The Kier molecular flexibility index (Phi) is 6.09. The number of hydrogen-bond donors (Lipinski definition) is 2. The Balaban J connectivity index is 1.31. The molecule has 3 aromatic rings. The zero-order chi connectivity index (χ0) is 20.9. The summed E-state index contributed by atoms with van der Waals surface area (Å²) >= 11 is 1.84. The van der Waals surface area contributed by atoms with E-state index in [2.05, 4.69) is 39.1 Å². The van der Waals surface area contributed by atoms with Crippen molar-refractivity contribution in [3.05, 3.63) is 69.9 Å². The monoisotopic (exact) mass is 423 g/mol. The van der Waals surface area contributed by atoms with Crippen LogP contribution in [0.15, 0.2) is 53.9 Å². The Labute approximate surface area is 180 Å². The van der Waals surface area contributed by atoms with Crippen molar-refractivity contribution in [1.29, 1.82) is 0 Å². The topological polar surface area (TPSA) is 62.8 Å². The highest BCUT2D eigenvalue weighted by atomic mass is 32.1. The van der Waals surface area contributed by atoms with Crippen LogP contribution in [0, 0.1) is 0 Å². The van der Waals surface area contributed by atoms with E-state index in [1.807, 2.05) is 41.7 Å². The van der Waals surface area contributed by atoms with Gasteiger partial charge in [-0.1, -0.05) is 6.07 Å². The van der Waals surface area contributed by atoms with E-state index in [1.165, 1.54) is 16.1 Å². The van der Waals surface area contributed by atoms with Gasteiger partial charge < -0.3 is 25.0 Å². The van der Waals surface area contributed by atoms with Crippen molar-refractivity contribution in [2.24, 2.45) is 0 Å². The van der Waals surface area contributed by atoms with E-state index in [1.54, 1.807) is 14.2 Å². The number of nitrogens with one attached hydrogen (secondary N) is 2. The molecule has 4 rings (SSSR count). The molecule has 6 nitrogen and oxygen atoms in total. The number of carbonyl (C=O) groups is 1. The van der Waals surface area contributed by atoms with Crippen LogP contribution in [0.5, 0.6) is 11.5 Å². The number of thiophene rings is 1. The zero-order valence-electron chi connectivity index (χ0n) is 17.1. The summed E-state index contributed by atoms with van der Waals surface area (Å²) in [6.45, 7) is 2.35. The molecule has 7 heteroatoms. The number of rotatable bonds is 6. The Bertz CT molecular complexity index is 1020. The van der Waals surface area contributed by atoms with Crippen LogP contribution in [0.4, 0.5) is 16.2 Å². The number of nitrogens with zero attached hydrogens (tertiary/aromatic N) is 1. The minimum atomic E-state index is -0.251. The first kappa shape index (κ1) is 20.1. The third-order valence-electron chi connectivity index (χ3n) is 5.20. The highest BCUT2D eigenvalue weighted by molar-refractivity contribution is 7.10. The maximum atomic E-state index is 12.3. The standard InChI is InChI=1S/C23H25N3O3S/c1-28-20-8-3-16(13-21(20)29-2)14-24-23(27)25-18-4-6-19(7-5-18)26-11-9-22-17(15-26)10-12-30-22/h3-8,10,12-13H,9,11,14-15H2,1-2H3,(H2,24,25,27). The van der Waals surface area contributed by atoms with Crippen molar-refractivity contribution in [2.45, 2.75) is 19.5 Å². The van der Waals surface area contributed by atoms with Gasteiger partial charge in [0.25, 0.3) is 0 Å². The number of hydrogen-bond acceptors (Lipinski definition) is 5. The molecule has 0 fully saturated rings. The molecule has 1 aliphatic rings. The van der Waals surface area contributed by atoms with Gasteiger partial charge in [-0.2, -0.15) is 0 Å². The summed E-state index contributed by atoms with van der Waals surface area (Å²) in [5.41, 5.74) is 4.28. The van der Waals surface area contributed by atoms with Crippen molar-refractivity contribution >= 4 is 28.7 Å². The van der Waals surface area contributed by atoms with Gasteiger partial charge in [-0.25, -0.2) is 4.79 Å². The number of methoxy groups -OCH3 is 2. The highest BCUT2D eigenvalue weighted by Gasteiger charge is 2.17. The van der Waals surface area contributed by atoms with Crippen molar-refractivity contribution in [3.8, 4) is 11.5 Å². The molecule has 0 aliphatic carbocycles. The van der Waals surface area contributed by atoms with Crippen molar-refractivity contribution in [2.75, 3.05) is 31.0 Å². The molecule has 1 aliphatic heterocycles. The van der Waals surface area contributed by atoms with Crippen LogP contribution in [-0.4, -0.2) is 26.8 Å². The molecular weight excluding hydrogens is 398 g/mol. The summed E-state index contributed by atoms with van der Waals surface area (Å²) in [6, 6.07) is 15.5. The average Bonchev–Trinajstić information content (AvgIpc) is 3.26. The van der Waals surface area contributed by atoms with E-state index in [0.29, 0.717) is 18.0 Å².